The van der Waals surface area contributed by atoms with Gasteiger partial charge < -0.3 is 24.8 Å². The molecule has 0 bridgehead atoms. The molecule has 0 aromatic rings. The minimum Gasteiger partial charge on any atom is -0.459 e. The molecule has 0 spiro atoms. The first kappa shape index (κ1) is 25.6. The van der Waals surface area contributed by atoms with Crippen LogP contribution >= 0.6 is 12.4 Å². The average Bonchev–Trinajstić information content (AvgIpc) is 3.20. The Labute approximate surface area is 177 Å². The van der Waals surface area contributed by atoms with E-state index in [-0.39, 0.29) is 37.1 Å². The molecule has 4 unspecified atom stereocenters. The van der Waals surface area contributed by atoms with Crippen molar-refractivity contribution >= 4 is 24.3 Å². The fourth-order valence-electron chi connectivity index (χ4n) is 3.66. The van der Waals surface area contributed by atoms with Gasteiger partial charge in [-0.1, -0.05) is 12.2 Å². The van der Waals surface area contributed by atoms with Crippen LogP contribution in [0.2, 0.25) is 0 Å². The number of aliphatic hydroxyl groups is 3. The number of esters is 2. The van der Waals surface area contributed by atoms with Gasteiger partial charge in [-0.25, -0.2) is 9.59 Å². The first-order valence-electron chi connectivity index (χ1n) is 9.50. The van der Waals surface area contributed by atoms with Gasteiger partial charge in [-0.2, -0.15) is 0 Å². The summed E-state index contributed by atoms with van der Waals surface area (Å²) in [6.07, 6.45) is 2.40. The van der Waals surface area contributed by atoms with Crippen LogP contribution in [-0.2, 0) is 19.1 Å². The molecule has 1 fully saturated rings. The molecule has 2 heterocycles. The SMILES string of the molecule is C/C=C(\C)C(=O)OC1CCN2CC=C(COC(=O)C(O)(C(C)O)C(C)(C)O)C12.Cl. The smallest absolute Gasteiger partial charge is 0.344 e. The third kappa shape index (κ3) is 5.00. The lowest BCUT2D eigenvalue weighted by Crippen LogP contribution is -2.63. The minimum absolute atomic E-state index is 0. The third-order valence-electron chi connectivity index (χ3n) is 5.65. The summed E-state index contributed by atoms with van der Waals surface area (Å²) in [5, 5.41) is 30.5. The van der Waals surface area contributed by atoms with Crippen LogP contribution in [0.15, 0.2) is 23.3 Å². The van der Waals surface area contributed by atoms with Crippen LogP contribution in [0.1, 0.15) is 41.0 Å². The molecule has 2 aliphatic heterocycles. The second-order valence-electron chi connectivity index (χ2n) is 8.00. The van der Waals surface area contributed by atoms with Crippen molar-refractivity contribution in [1.29, 1.82) is 0 Å². The van der Waals surface area contributed by atoms with E-state index < -0.39 is 23.3 Å². The van der Waals surface area contributed by atoms with E-state index in [1.54, 1.807) is 19.9 Å². The van der Waals surface area contributed by atoms with Crippen molar-refractivity contribution in [3.05, 3.63) is 23.3 Å². The molecule has 0 amide bonds. The Bertz CT molecular complexity index is 683. The van der Waals surface area contributed by atoms with Crippen LogP contribution in [-0.4, -0.2) is 81.3 Å². The van der Waals surface area contributed by atoms with Gasteiger partial charge in [0.25, 0.3) is 0 Å². The molecule has 166 valence electrons. The highest BCUT2D eigenvalue weighted by molar-refractivity contribution is 5.87. The molecule has 2 aliphatic rings. The summed E-state index contributed by atoms with van der Waals surface area (Å²) < 4.78 is 10.9. The topological polar surface area (TPSA) is 117 Å². The van der Waals surface area contributed by atoms with Crippen molar-refractivity contribution in [1.82, 2.24) is 4.90 Å². The third-order valence-corrected chi connectivity index (χ3v) is 5.65. The van der Waals surface area contributed by atoms with Crippen LogP contribution < -0.4 is 0 Å². The van der Waals surface area contributed by atoms with Crippen LogP contribution in [0.4, 0.5) is 0 Å². The number of aliphatic hydroxyl groups excluding tert-OH is 1. The Hall–Kier alpha value is -1.45. The number of carbonyl (C=O) groups excluding carboxylic acids is 2. The van der Waals surface area contributed by atoms with Gasteiger partial charge in [0.1, 0.15) is 18.3 Å². The highest BCUT2D eigenvalue weighted by atomic mass is 35.5. The van der Waals surface area contributed by atoms with E-state index in [1.807, 2.05) is 6.08 Å². The summed E-state index contributed by atoms with van der Waals surface area (Å²) in [6.45, 7) is 8.42. The Morgan fingerprint density at radius 2 is 2.00 bits per heavy atom. The van der Waals surface area contributed by atoms with E-state index in [2.05, 4.69) is 4.90 Å². The highest BCUT2D eigenvalue weighted by Crippen LogP contribution is 2.33. The van der Waals surface area contributed by atoms with Gasteiger partial charge in [0.15, 0.2) is 0 Å². The predicted octanol–water partition coefficient (Wildman–Crippen LogP) is 0.727. The second kappa shape index (κ2) is 9.57. The quantitative estimate of drug-likeness (QED) is 0.305. The lowest BCUT2D eigenvalue weighted by Gasteiger charge is -2.38. The summed E-state index contributed by atoms with van der Waals surface area (Å²) in [4.78, 5) is 26.7. The van der Waals surface area contributed by atoms with Gasteiger partial charge in [-0.05, 0) is 46.6 Å². The fraction of sp³-hybridized carbons (Fsp3) is 0.700. The molecule has 0 saturated carbocycles. The van der Waals surface area contributed by atoms with E-state index in [1.165, 1.54) is 20.8 Å². The van der Waals surface area contributed by atoms with Gasteiger partial charge >= 0.3 is 11.9 Å². The number of carbonyl (C=O) groups is 2. The van der Waals surface area contributed by atoms with Crippen molar-refractivity contribution in [3.8, 4) is 0 Å². The first-order valence-corrected chi connectivity index (χ1v) is 9.50. The second-order valence-corrected chi connectivity index (χ2v) is 8.00. The van der Waals surface area contributed by atoms with E-state index >= 15 is 0 Å². The maximum absolute atomic E-state index is 12.5. The molecule has 8 nitrogen and oxygen atoms in total. The lowest BCUT2D eigenvalue weighted by molar-refractivity contribution is -0.213. The monoisotopic (exact) mass is 433 g/mol. The van der Waals surface area contributed by atoms with Crippen LogP contribution in [0.5, 0.6) is 0 Å². The summed E-state index contributed by atoms with van der Waals surface area (Å²) in [5.74, 6) is -1.48. The van der Waals surface area contributed by atoms with Crippen molar-refractivity contribution in [2.45, 2.75) is 70.5 Å². The number of halogens is 1. The van der Waals surface area contributed by atoms with E-state index in [0.717, 1.165) is 12.1 Å². The number of allylic oxidation sites excluding steroid dienone is 1. The number of fused-ring (bicyclic) bond motifs is 1. The summed E-state index contributed by atoms with van der Waals surface area (Å²) >= 11 is 0. The fourth-order valence-corrected chi connectivity index (χ4v) is 3.66. The standard InChI is InChI=1S/C20H31NO7.ClH/c1-6-12(2)17(23)28-15-8-10-21-9-7-14(16(15)21)11-27-18(24)20(26,13(3)22)19(4,5)25;/h6-7,13,15-16,22,25-26H,8-11H2,1-5H3;1H/b12-6+;. The lowest BCUT2D eigenvalue weighted by atomic mass is 9.81. The number of ether oxygens (including phenoxy) is 2. The summed E-state index contributed by atoms with van der Waals surface area (Å²) in [5.41, 5.74) is -3.06. The maximum Gasteiger partial charge on any atom is 0.344 e. The predicted molar refractivity (Wildman–Crippen MR) is 109 cm³/mol. The zero-order valence-electron chi connectivity index (χ0n) is 17.5. The largest absolute Gasteiger partial charge is 0.459 e. The molecule has 29 heavy (non-hydrogen) atoms. The molecule has 0 radical (unpaired) electrons. The first-order chi connectivity index (χ1) is 12.9. The van der Waals surface area contributed by atoms with Gasteiger partial charge in [-0.3, -0.25) is 4.90 Å². The normalized spacial score (nSPS) is 25.4. The molecular formula is C20H32ClNO7. The molecular weight excluding hydrogens is 402 g/mol. The highest BCUT2D eigenvalue weighted by Gasteiger charge is 2.54. The molecule has 1 saturated heterocycles. The zero-order chi connectivity index (χ0) is 21.3. The van der Waals surface area contributed by atoms with E-state index in [0.29, 0.717) is 18.5 Å². The molecule has 3 N–H and O–H groups in total. The minimum atomic E-state index is -2.46. The maximum atomic E-state index is 12.5. The van der Waals surface area contributed by atoms with E-state index in [4.69, 9.17) is 9.47 Å². The summed E-state index contributed by atoms with van der Waals surface area (Å²) in [7, 11) is 0. The van der Waals surface area contributed by atoms with Crippen molar-refractivity contribution in [3.63, 3.8) is 0 Å². The van der Waals surface area contributed by atoms with Gasteiger partial charge in [0, 0.05) is 18.7 Å². The molecule has 0 aliphatic carbocycles. The Morgan fingerprint density at radius 1 is 1.38 bits per heavy atom. The Kier molecular flexibility index (Phi) is 8.45. The van der Waals surface area contributed by atoms with Crippen molar-refractivity contribution in [2.75, 3.05) is 19.7 Å². The number of hydrogen-bond donors (Lipinski definition) is 3. The Morgan fingerprint density at radius 3 is 2.52 bits per heavy atom. The molecule has 2 rings (SSSR count). The number of nitrogens with zero attached hydrogens (tertiary/aromatic N) is 1. The molecule has 9 heteroatoms. The van der Waals surface area contributed by atoms with Gasteiger partial charge in [0.2, 0.25) is 5.60 Å². The van der Waals surface area contributed by atoms with Gasteiger partial charge in [0.05, 0.1) is 12.1 Å². The van der Waals surface area contributed by atoms with Crippen LogP contribution in [0.25, 0.3) is 0 Å². The average molecular weight is 434 g/mol. The number of rotatable bonds is 7. The molecule has 0 aromatic carbocycles. The van der Waals surface area contributed by atoms with Crippen LogP contribution in [0.3, 0.4) is 0 Å². The summed E-state index contributed by atoms with van der Waals surface area (Å²) in [6, 6.07) is -0.191. The van der Waals surface area contributed by atoms with Gasteiger partial charge in [-0.15, -0.1) is 12.4 Å². The number of hydrogen-bond acceptors (Lipinski definition) is 8. The van der Waals surface area contributed by atoms with Crippen LogP contribution in [0, 0.1) is 0 Å². The zero-order valence-corrected chi connectivity index (χ0v) is 18.4. The van der Waals surface area contributed by atoms with E-state index in [9.17, 15) is 24.9 Å². The molecule has 0 aromatic heterocycles. The Balaban J connectivity index is 0.00000420. The molecule has 4 atom stereocenters. The van der Waals surface area contributed by atoms with Crippen molar-refractivity contribution in [2.24, 2.45) is 0 Å². The van der Waals surface area contributed by atoms with Crippen molar-refractivity contribution < 1.29 is 34.4 Å².